The summed E-state index contributed by atoms with van der Waals surface area (Å²) in [4.78, 5) is 0. The molecule has 0 radical (unpaired) electrons. The van der Waals surface area contributed by atoms with E-state index in [9.17, 15) is 0 Å². The number of hydrogen-bond donors (Lipinski definition) is 0. The van der Waals surface area contributed by atoms with Gasteiger partial charge in [0.05, 0.1) is 0 Å². The lowest BCUT2D eigenvalue weighted by atomic mass is 9.97. The number of fused-ring (bicyclic) bond motifs is 1. The van der Waals surface area contributed by atoms with Gasteiger partial charge in [0.25, 0.3) is 0 Å². The van der Waals surface area contributed by atoms with Gasteiger partial charge in [0.15, 0.2) is 0 Å². The molecule has 0 nitrogen and oxygen atoms in total. The highest BCUT2D eigenvalue weighted by Gasteiger charge is 2.03. The van der Waals surface area contributed by atoms with E-state index in [2.05, 4.69) is 98.8 Å². The normalized spacial score (nSPS) is 11.0. The fourth-order valence-corrected chi connectivity index (χ4v) is 3.52. The molecule has 0 bridgehead atoms. The average Bonchev–Trinajstić information content (AvgIpc) is 2.69. The summed E-state index contributed by atoms with van der Waals surface area (Å²) in [5.41, 5.74) is 7.79. The van der Waals surface area contributed by atoms with Crippen molar-refractivity contribution in [2.45, 2.75) is 26.7 Å². The molecule has 0 aliphatic heterocycles. The van der Waals surface area contributed by atoms with Gasteiger partial charge >= 0.3 is 0 Å². The first-order chi connectivity index (χ1) is 12.7. The summed E-state index contributed by atoms with van der Waals surface area (Å²) in [6.45, 7) is 4.35. The Balaban J connectivity index is 1.64. The van der Waals surface area contributed by atoms with Gasteiger partial charge in [-0.25, -0.2) is 0 Å². The lowest BCUT2D eigenvalue weighted by Gasteiger charge is -2.08. The van der Waals surface area contributed by atoms with Crippen LogP contribution in [0.1, 0.15) is 24.5 Å². The van der Waals surface area contributed by atoms with Crippen LogP contribution in [0.15, 0.2) is 84.9 Å². The Bertz CT molecular complexity index is 1020. The van der Waals surface area contributed by atoms with E-state index in [0.717, 1.165) is 6.42 Å². The molecule has 4 aromatic carbocycles. The van der Waals surface area contributed by atoms with Crippen molar-refractivity contribution in [3.05, 3.63) is 96.1 Å². The van der Waals surface area contributed by atoms with Crippen LogP contribution >= 0.6 is 0 Å². The number of rotatable bonds is 4. The Morgan fingerprint density at radius 3 is 1.69 bits per heavy atom. The standard InChI is InChI=1S/C26H24/c1-3-4-20-7-10-26-18-25(16-15-24(26)17-20)23-13-11-22(12-14-23)21-8-5-19(2)6-9-21/h5-18H,3-4H2,1-2H3. The van der Waals surface area contributed by atoms with Gasteiger partial charge in [-0.1, -0.05) is 97.8 Å². The SMILES string of the molecule is CCCc1ccc2cc(-c3ccc(-c4ccc(C)cc4)cc3)ccc2c1. The zero-order valence-electron chi connectivity index (χ0n) is 15.5. The fraction of sp³-hybridized carbons (Fsp3) is 0.154. The smallest absolute Gasteiger partial charge is 0.0178 e. The summed E-state index contributed by atoms with van der Waals surface area (Å²) < 4.78 is 0. The van der Waals surface area contributed by atoms with Crippen LogP contribution < -0.4 is 0 Å². The minimum atomic E-state index is 1.15. The number of benzene rings is 4. The van der Waals surface area contributed by atoms with Gasteiger partial charge in [0, 0.05) is 0 Å². The molecule has 4 rings (SSSR count). The molecule has 4 aromatic rings. The molecule has 0 heterocycles. The van der Waals surface area contributed by atoms with E-state index in [4.69, 9.17) is 0 Å². The topological polar surface area (TPSA) is 0 Å². The van der Waals surface area contributed by atoms with E-state index in [0.29, 0.717) is 0 Å². The maximum atomic E-state index is 2.32. The highest BCUT2D eigenvalue weighted by Crippen LogP contribution is 2.28. The van der Waals surface area contributed by atoms with Crippen LogP contribution in [0.25, 0.3) is 33.0 Å². The lowest BCUT2D eigenvalue weighted by Crippen LogP contribution is -1.85. The molecule has 0 aromatic heterocycles. The minimum Gasteiger partial charge on any atom is -0.0651 e. The molecule has 0 aliphatic rings. The Morgan fingerprint density at radius 2 is 1.04 bits per heavy atom. The van der Waals surface area contributed by atoms with Crippen LogP contribution in [0.3, 0.4) is 0 Å². The van der Waals surface area contributed by atoms with Crippen molar-refractivity contribution in [1.82, 2.24) is 0 Å². The van der Waals surface area contributed by atoms with Crippen molar-refractivity contribution in [3.63, 3.8) is 0 Å². The van der Waals surface area contributed by atoms with Crippen LogP contribution in [0.2, 0.25) is 0 Å². The second kappa shape index (κ2) is 7.17. The van der Waals surface area contributed by atoms with Crippen molar-refractivity contribution < 1.29 is 0 Å². The number of aryl methyl sites for hydroxylation is 2. The van der Waals surface area contributed by atoms with E-state index >= 15 is 0 Å². The highest BCUT2D eigenvalue weighted by molar-refractivity contribution is 5.88. The van der Waals surface area contributed by atoms with Gasteiger partial charge in [-0.15, -0.1) is 0 Å². The summed E-state index contributed by atoms with van der Waals surface area (Å²) in [6, 6.07) is 31.2. The van der Waals surface area contributed by atoms with Gasteiger partial charge in [-0.2, -0.15) is 0 Å². The van der Waals surface area contributed by atoms with Crippen LogP contribution in [0, 0.1) is 6.92 Å². The molecule has 0 N–H and O–H groups in total. The molecule has 0 fully saturated rings. The van der Waals surface area contributed by atoms with Crippen molar-refractivity contribution >= 4 is 10.8 Å². The van der Waals surface area contributed by atoms with Gasteiger partial charge in [0.1, 0.15) is 0 Å². The van der Waals surface area contributed by atoms with Crippen LogP contribution in [-0.4, -0.2) is 0 Å². The monoisotopic (exact) mass is 336 g/mol. The molecule has 128 valence electrons. The second-order valence-electron chi connectivity index (χ2n) is 7.09. The zero-order valence-corrected chi connectivity index (χ0v) is 15.5. The Labute approximate surface area is 156 Å². The molecule has 0 amide bonds. The molecule has 0 heteroatoms. The Kier molecular flexibility index (Phi) is 4.58. The molecule has 0 spiro atoms. The van der Waals surface area contributed by atoms with Gasteiger partial charge in [-0.3, -0.25) is 0 Å². The summed E-state index contributed by atoms with van der Waals surface area (Å²) in [5.74, 6) is 0. The van der Waals surface area contributed by atoms with Gasteiger partial charge in [-0.05, 0) is 58.0 Å². The molecule has 0 unspecified atom stereocenters. The van der Waals surface area contributed by atoms with Crippen LogP contribution in [-0.2, 0) is 6.42 Å². The largest absolute Gasteiger partial charge is 0.0651 e. The summed E-state index contributed by atoms with van der Waals surface area (Å²) in [7, 11) is 0. The predicted molar refractivity (Wildman–Crippen MR) is 114 cm³/mol. The van der Waals surface area contributed by atoms with E-state index in [1.165, 1.54) is 50.6 Å². The average molecular weight is 336 g/mol. The fourth-order valence-electron chi connectivity index (χ4n) is 3.52. The molecular formula is C26H24. The van der Waals surface area contributed by atoms with E-state index in [1.54, 1.807) is 0 Å². The second-order valence-corrected chi connectivity index (χ2v) is 7.09. The molecule has 26 heavy (non-hydrogen) atoms. The third kappa shape index (κ3) is 3.41. The summed E-state index contributed by atoms with van der Waals surface area (Å²) in [5, 5.41) is 2.64. The predicted octanol–water partition coefficient (Wildman–Crippen LogP) is 7.43. The first-order valence-corrected chi connectivity index (χ1v) is 9.43. The molecule has 0 aliphatic carbocycles. The maximum Gasteiger partial charge on any atom is -0.0178 e. The summed E-state index contributed by atoms with van der Waals surface area (Å²) >= 11 is 0. The van der Waals surface area contributed by atoms with Crippen molar-refractivity contribution in [3.8, 4) is 22.3 Å². The van der Waals surface area contributed by atoms with E-state index in [-0.39, 0.29) is 0 Å². The molecule has 0 saturated heterocycles. The third-order valence-corrected chi connectivity index (χ3v) is 5.05. The summed E-state index contributed by atoms with van der Waals surface area (Å²) in [6.07, 6.45) is 2.34. The lowest BCUT2D eigenvalue weighted by molar-refractivity contribution is 0.924. The molecule has 0 saturated carbocycles. The molecular weight excluding hydrogens is 312 g/mol. The zero-order chi connectivity index (χ0) is 17.9. The van der Waals surface area contributed by atoms with Crippen molar-refractivity contribution in [1.29, 1.82) is 0 Å². The van der Waals surface area contributed by atoms with E-state index in [1.807, 2.05) is 0 Å². The van der Waals surface area contributed by atoms with Gasteiger partial charge in [0.2, 0.25) is 0 Å². The van der Waals surface area contributed by atoms with Gasteiger partial charge < -0.3 is 0 Å². The van der Waals surface area contributed by atoms with E-state index < -0.39 is 0 Å². The Hall–Kier alpha value is -2.86. The van der Waals surface area contributed by atoms with Crippen LogP contribution in [0.5, 0.6) is 0 Å². The first-order valence-electron chi connectivity index (χ1n) is 9.43. The van der Waals surface area contributed by atoms with Crippen molar-refractivity contribution in [2.24, 2.45) is 0 Å². The minimum absolute atomic E-state index is 1.15. The highest BCUT2D eigenvalue weighted by atomic mass is 14.1. The Morgan fingerprint density at radius 1 is 0.538 bits per heavy atom. The first kappa shape index (κ1) is 16.6. The molecule has 0 atom stereocenters. The van der Waals surface area contributed by atoms with Crippen LogP contribution in [0.4, 0.5) is 0 Å². The third-order valence-electron chi connectivity index (χ3n) is 5.05. The van der Waals surface area contributed by atoms with Crippen molar-refractivity contribution in [2.75, 3.05) is 0 Å². The quantitative estimate of drug-likeness (QED) is 0.363. The maximum absolute atomic E-state index is 2.32. The number of hydrogen-bond acceptors (Lipinski definition) is 0.